The second-order valence-corrected chi connectivity index (χ2v) is 16.1. The monoisotopic (exact) mass is 803 g/mol. The van der Waals surface area contributed by atoms with E-state index in [0.29, 0.717) is 20.0 Å². The van der Waals surface area contributed by atoms with Crippen molar-refractivity contribution in [3.05, 3.63) is 86.1 Å². The molecule has 4 amide bonds. The molecule has 1 fully saturated rings. The van der Waals surface area contributed by atoms with Gasteiger partial charge in [0, 0.05) is 26.8 Å². The summed E-state index contributed by atoms with van der Waals surface area (Å²) in [5, 5.41) is 5.77. The molecule has 0 saturated heterocycles. The van der Waals surface area contributed by atoms with Crippen LogP contribution < -0.4 is 15.5 Å². The minimum atomic E-state index is -1.40. The van der Waals surface area contributed by atoms with Gasteiger partial charge in [0.2, 0.25) is 5.91 Å². The first-order valence-corrected chi connectivity index (χ1v) is 16.7. The number of anilines is 3. The van der Waals surface area contributed by atoms with Gasteiger partial charge in [-0.1, -0.05) is 39.1 Å². The van der Waals surface area contributed by atoms with E-state index >= 15 is 4.39 Å². The molecule has 2 N–H and O–H groups in total. The second kappa shape index (κ2) is 14.0. The lowest BCUT2D eigenvalue weighted by atomic mass is 10.1. The number of halogens is 6. The Morgan fingerprint density at radius 3 is 1.96 bits per heavy atom. The highest BCUT2D eigenvalue weighted by Crippen LogP contribution is 2.65. The van der Waals surface area contributed by atoms with Crippen LogP contribution in [-0.2, 0) is 14.3 Å². The zero-order chi connectivity index (χ0) is 35.9. The number of carbonyl (C=O) groups is 4. The van der Waals surface area contributed by atoms with Gasteiger partial charge in [0.15, 0.2) is 0 Å². The lowest BCUT2D eigenvalue weighted by Gasteiger charge is -2.29. The molecule has 0 spiro atoms. The van der Waals surface area contributed by atoms with E-state index in [1.54, 1.807) is 59.7 Å². The van der Waals surface area contributed by atoms with Crippen molar-refractivity contribution in [2.24, 2.45) is 5.92 Å². The number of hydrogen-bond acceptors (Lipinski definition) is 6. The van der Waals surface area contributed by atoms with Crippen LogP contribution in [-0.4, -0.2) is 39.5 Å². The average molecular weight is 806 g/mol. The predicted molar refractivity (Wildman–Crippen MR) is 189 cm³/mol. The van der Waals surface area contributed by atoms with Crippen LogP contribution in [0.25, 0.3) is 0 Å². The van der Waals surface area contributed by atoms with E-state index in [2.05, 4.69) is 26.6 Å². The molecule has 0 radical (unpaired) electrons. The van der Waals surface area contributed by atoms with Crippen LogP contribution in [0.5, 0.6) is 0 Å². The zero-order valence-electron chi connectivity index (χ0n) is 26.5. The van der Waals surface area contributed by atoms with Crippen molar-refractivity contribution < 1.29 is 33.0 Å². The van der Waals surface area contributed by atoms with Crippen molar-refractivity contribution in [1.82, 2.24) is 0 Å². The number of amides is 4. The summed E-state index contributed by atoms with van der Waals surface area (Å²) in [5.41, 5.74) is -1.74. The normalized spacial score (nSPS) is 16.8. The van der Waals surface area contributed by atoms with Gasteiger partial charge in [0.25, 0.3) is 5.91 Å². The Kier molecular flexibility index (Phi) is 11.0. The molecule has 1 aliphatic carbocycles. The second-order valence-electron chi connectivity index (χ2n) is 12.9. The number of benzene rings is 3. The Hall–Kier alpha value is -3.09. The van der Waals surface area contributed by atoms with Crippen LogP contribution in [0, 0.1) is 11.7 Å². The van der Waals surface area contributed by atoms with Crippen LogP contribution >= 0.6 is 62.3 Å². The van der Waals surface area contributed by atoms with Crippen molar-refractivity contribution in [3.63, 3.8) is 0 Å². The number of rotatable bonds is 6. The molecule has 0 aromatic heterocycles. The van der Waals surface area contributed by atoms with E-state index in [1.165, 1.54) is 24.3 Å². The molecule has 3 aromatic rings. The topological polar surface area (TPSA) is 114 Å². The molecule has 3 aromatic carbocycles. The summed E-state index contributed by atoms with van der Waals surface area (Å²) in [6, 6.07) is 12.6. The Labute approximate surface area is 305 Å². The van der Waals surface area contributed by atoms with Crippen molar-refractivity contribution in [1.29, 1.82) is 0 Å². The van der Waals surface area contributed by atoms with Gasteiger partial charge < -0.3 is 20.1 Å². The van der Waals surface area contributed by atoms with Gasteiger partial charge in [-0.15, -0.1) is 23.2 Å². The summed E-state index contributed by atoms with van der Waals surface area (Å²) >= 11 is 28.9. The first kappa shape index (κ1) is 37.7. The van der Waals surface area contributed by atoms with Crippen LogP contribution in [0.3, 0.4) is 0 Å². The fraction of sp³-hybridized carbons (Fsp3) is 0.333. The largest absolute Gasteiger partial charge is 0.443 e. The Balaban J connectivity index is 1.56. The van der Waals surface area contributed by atoms with Crippen LogP contribution in [0.2, 0.25) is 10.0 Å². The Morgan fingerprint density at radius 2 is 1.40 bits per heavy atom. The maximum absolute atomic E-state index is 15.1. The standard InChI is InChI=1S/C33H31BrCl4FN3O6/c1-31(2,3)47-29(45)42(30(46)48-32(4,5)6)24-15-20(8-10-23(24)39)40-27(43)21-14-19(7-9-22(21)36)41-28(44)26-25(33(26,37)38)16-11-17(34)13-18(35)12-16/h7-15,25-26H,1-6H3,(H,40,43)(H,41,44). The highest BCUT2D eigenvalue weighted by molar-refractivity contribution is 9.10. The first-order valence-electron chi connectivity index (χ1n) is 14.4. The molecule has 2 atom stereocenters. The quantitative estimate of drug-likeness (QED) is 0.240. The van der Waals surface area contributed by atoms with Crippen LogP contribution in [0.1, 0.15) is 63.4 Å². The molecule has 0 bridgehead atoms. The molecule has 15 heteroatoms. The third-order valence-corrected chi connectivity index (χ3v) is 8.60. The predicted octanol–water partition coefficient (Wildman–Crippen LogP) is 10.3. The highest BCUT2D eigenvalue weighted by Gasteiger charge is 2.67. The molecule has 1 aliphatic rings. The minimum Gasteiger partial charge on any atom is -0.443 e. The SMILES string of the molecule is CC(C)(C)OC(=O)N(C(=O)OC(C)(C)C)c1cc(NC(=O)c2cc(NC(=O)C3C(c4cc(Cl)cc(Br)c4)C3(Cl)Cl)ccc2Cl)ccc1F. The number of carbonyl (C=O) groups excluding carboxylic acids is 4. The van der Waals surface area contributed by atoms with Crippen molar-refractivity contribution in [2.75, 3.05) is 15.5 Å². The summed E-state index contributed by atoms with van der Waals surface area (Å²) in [7, 11) is 0. The maximum Gasteiger partial charge on any atom is 0.424 e. The smallest absolute Gasteiger partial charge is 0.424 e. The van der Waals surface area contributed by atoms with Gasteiger partial charge in [-0.2, -0.15) is 4.90 Å². The molecular weight excluding hydrogens is 775 g/mol. The number of hydrogen-bond donors (Lipinski definition) is 2. The van der Waals surface area contributed by atoms with Crippen LogP contribution in [0.4, 0.5) is 31.0 Å². The third-order valence-electron chi connectivity index (χ3n) is 6.66. The molecule has 4 rings (SSSR count). The minimum absolute atomic E-state index is 0.00147. The van der Waals surface area contributed by atoms with Crippen molar-refractivity contribution in [3.8, 4) is 0 Å². The van der Waals surface area contributed by atoms with Crippen molar-refractivity contribution >= 4 is 103 Å². The fourth-order valence-corrected chi connectivity index (χ4v) is 6.58. The van der Waals surface area contributed by atoms with E-state index in [0.717, 1.165) is 12.1 Å². The number of nitrogens with zero attached hydrogens (tertiary/aromatic N) is 1. The average Bonchev–Trinajstić information content (AvgIpc) is 3.51. The molecule has 256 valence electrons. The summed E-state index contributed by atoms with van der Waals surface area (Å²) in [4.78, 5) is 53.1. The first-order chi connectivity index (χ1) is 22.1. The van der Waals surface area contributed by atoms with Gasteiger partial charge in [-0.25, -0.2) is 14.0 Å². The lowest BCUT2D eigenvalue weighted by Crippen LogP contribution is -2.44. The fourth-order valence-electron chi connectivity index (χ4n) is 4.67. The van der Waals surface area contributed by atoms with E-state index < -0.39 is 62.9 Å². The van der Waals surface area contributed by atoms with Gasteiger partial charge in [0.1, 0.15) is 21.4 Å². The summed E-state index contributed by atoms with van der Waals surface area (Å²) in [6.07, 6.45) is -2.38. The Bertz CT molecular complexity index is 1750. The van der Waals surface area contributed by atoms with E-state index in [9.17, 15) is 19.2 Å². The van der Waals surface area contributed by atoms with Gasteiger partial charge in [-0.3, -0.25) is 9.59 Å². The highest BCUT2D eigenvalue weighted by atomic mass is 79.9. The number of ether oxygens (including phenoxy) is 2. The van der Waals surface area contributed by atoms with Gasteiger partial charge in [-0.05, 0) is 102 Å². The van der Waals surface area contributed by atoms with Gasteiger partial charge >= 0.3 is 12.2 Å². The Morgan fingerprint density at radius 1 is 0.833 bits per heavy atom. The molecule has 0 heterocycles. The van der Waals surface area contributed by atoms with E-state index in [-0.39, 0.29) is 22.0 Å². The third kappa shape index (κ3) is 9.12. The summed E-state index contributed by atoms with van der Waals surface area (Å²) in [6.45, 7) is 9.47. The summed E-state index contributed by atoms with van der Waals surface area (Å²) in [5.74, 6) is -3.58. The van der Waals surface area contributed by atoms with Gasteiger partial charge in [0.05, 0.1) is 22.2 Å². The molecule has 1 saturated carbocycles. The summed E-state index contributed by atoms with van der Waals surface area (Å²) < 4.78 is 25.1. The molecule has 0 aliphatic heterocycles. The number of imide groups is 1. The lowest BCUT2D eigenvalue weighted by molar-refractivity contribution is -0.117. The number of nitrogens with one attached hydrogen (secondary N) is 2. The molecule has 48 heavy (non-hydrogen) atoms. The molecular formula is C33H31BrCl4FN3O6. The maximum atomic E-state index is 15.1. The van der Waals surface area contributed by atoms with E-state index in [4.69, 9.17) is 55.9 Å². The molecule has 9 nitrogen and oxygen atoms in total. The van der Waals surface area contributed by atoms with Crippen molar-refractivity contribution in [2.45, 2.75) is 63.0 Å². The number of alkyl halides is 2. The van der Waals surface area contributed by atoms with Crippen LogP contribution in [0.15, 0.2) is 59.1 Å². The molecule has 2 unspecified atom stereocenters. The zero-order valence-corrected chi connectivity index (χ0v) is 31.1. The van der Waals surface area contributed by atoms with E-state index in [1.807, 2.05) is 0 Å².